The summed E-state index contributed by atoms with van der Waals surface area (Å²) in [6.07, 6.45) is -0.00773. The van der Waals surface area contributed by atoms with Gasteiger partial charge in [-0.3, -0.25) is 4.79 Å². The first kappa shape index (κ1) is 23.7. The van der Waals surface area contributed by atoms with Gasteiger partial charge in [0.1, 0.15) is 0 Å². The molecule has 0 bridgehead atoms. The van der Waals surface area contributed by atoms with Gasteiger partial charge in [-0.25, -0.2) is 18.4 Å². The van der Waals surface area contributed by atoms with E-state index < -0.39 is 16.0 Å². The molecule has 3 rings (SSSR count). The van der Waals surface area contributed by atoms with Crippen LogP contribution in [0, 0.1) is 0 Å². The van der Waals surface area contributed by atoms with Crippen LogP contribution in [0.15, 0.2) is 47.4 Å². The number of ether oxygens (including phenoxy) is 2. The lowest BCUT2D eigenvalue weighted by atomic mass is 10.1. The summed E-state index contributed by atoms with van der Waals surface area (Å²) >= 11 is 0. The zero-order valence-corrected chi connectivity index (χ0v) is 19.0. The van der Waals surface area contributed by atoms with Crippen LogP contribution in [-0.2, 0) is 26.0 Å². The van der Waals surface area contributed by atoms with Gasteiger partial charge in [0.25, 0.3) is 5.91 Å². The third-order valence-corrected chi connectivity index (χ3v) is 6.03. The molecule has 0 radical (unpaired) electrons. The number of carbonyl (C=O) groups excluding carboxylic acids is 2. The minimum atomic E-state index is -3.96. The van der Waals surface area contributed by atoms with E-state index in [1.54, 1.807) is 17.0 Å². The number of nitrogens with two attached hydrogens (primary N) is 1. The topological polar surface area (TPSA) is 128 Å². The summed E-state index contributed by atoms with van der Waals surface area (Å²) < 4.78 is 33.6. The fraction of sp³-hybridized carbons (Fsp3) is 0.364. The molecule has 9 nitrogen and oxygen atoms in total. The molecule has 32 heavy (non-hydrogen) atoms. The van der Waals surface area contributed by atoms with Gasteiger partial charge in [0, 0.05) is 30.9 Å². The lowest BCUT2D eigenvalue weighted by Gasteiger charge is -2.35. The van der Waals surface area contributed by atoms with Crippen LogP contribution >= 0.6 is 0 Å². The predicted molar refractivity (Wildman–Crippen MR) is 119 cm³/mol. The quantitative estimate of drug-likeness (QED) is 0.630. The van der Waals surface area contributed by atoms with Gasteiger partial charge >= 0.3 is 5.97 Å². The van der Waals surface area contributed by atoms with E-state index in [4.69, 9.17) is 14.6 Å². The molecule has 0 spiro atoms. The molecule has 1 fully saturated rings. The predicted octanol–water partition coefficient (Wildman–Crippen LogP) is 1.98. The van der Waals surface area contributed by atoms with Crippen molar-refractivity contribution in [2.45, 2.75) is 37.5 Å². The SMILES string of the molecule is COC(=O)c1cc(S(N)(=O)=O)ccc1NCc1ccc(C(=O)N2CC(C)OC(C)C2)cc1. The molecule has 3 N–H and O–H groups in total. The second-order valence-electron chi connectivity index (χ2n) is 7.76. The fourth-order valence-corrected chi connectivity index (χ4v) is 4.16. The summed E-state index contributed by atoms with van der Waals surface area (Å²) in [4.78, 5) is 26.5. The van der Waals surface area contributed by atoms with Gasteiger partial charge < -0.3 is 19.7 Å². The molecule has 2 atom stereocenters. The first-order valence-electron chi connectivity index (χ1n) is 10.1. The average Bonchev–Trinajstić information content (AvgIpc) is 2.75. The number of morpholine rings is 1. The normalized spacial score (nSPS) is 18.8. The molecule has 0 aliphatic carbocycles. The summed E-state index contributed by atoms with van der Waals surface area (Å²) in [7, 11) is -2.75. The van der Waals surface area contributed by atoms with Crippen molar-refractivity contribution in [2.75, 3.05) is 25.5 Å². The number of rotatable bonds is 6. The maximum atomic E-state index is 12.8. The molecule has 1 saturated heterocycles. The van der Waals surface area contributed by atoms with Crippen LogP contribution in [0.25, 0.3) is 0 Å². The van der Waals surface area contributed by atoms with Gasteiger partial charge in [-0.15, -0.1) is 0 Å². The van der Waals surface area contributed by atoms with E-state index in [-0.39, 0.29) is 28.6 Å². The number of esters is 1. The molecule has 1 heterocycles. The number of benzene rings is 2. The van der Waals surface area contributed by atoms with Crippen LogP contribution in [-0.4, -0.2) is 57.6 Å². The van der Waals surface area contributed by atoms with Crippen molar-refractivity contribution >= 4 is 27.6 Å². The van der Waals surface area contributed by atoms with Gasteiger partial charge in [-0.1, -0.05) is 12.1 Å². The molecule has 2 unspecified atom stereocenters. The smallest absolute Gasteiger partial charge is 0.340 e. The molecule has 0 aromatic heterocycles. The number of amides is 1. The molecular weight excluding hydrogens is 434 g/mol. The molecule has 1 aliphatic heterocycles. The van der Waals surface area contributed by atoms with Crippen molar-refractivity contribution in [3.8, 4) is 0 Å². The van der Waals surface area contributed by atoms with Crippen molar-refractivity contribution in [1.82, 2.24) is 4.90 Å². The van der Waals surface area contributed by atoms with E-state index >= 15 is 0 Å². The summed E-state index contributed by atoms with van der Waals surface area (Å²) in [5, 5.41) is 8.25. The van der Waals surface area contributed by atoms with Crippen LogP contribution in [0.2, 0.25) is 0 Å². The summed E-state index contributed by atoms with van der Waals surface area (Å²) in [6, 6.07) is 11.1. The summed E-state index contributed by atoms with van der Waals surface area (Å²) in [6.45, 7) is 5.35. The first-order valence-corrected chi connectivity index (χ1v) is 11.7. The van der Waals surface area contributed by atoms with E-state index in [0.29, 0.717) is 30.9 Å². The van der Waals surface area contributed by atoms with E-state index in [0.717, 1.165) is 5.56 Å². The van der Waals surface area contributed by atoms with E-state index in [9.17, 15) is 18.0 Å². The molecule has 0 saturated carbocycles. The minimum Gasteiger partial charge on any atom is -0.465 e. The Labute approximate surface area is 187 Å². The highest BCUT2D eigenvalue weighted by molar-refractivity contribution is 7.89. The molecule has 1 aliphatic rings. The number of carbonyl (C=O) groups is 2. The minimum absolute atomic E-state index is 0.00386. The summed E-state index contributed by atoms with van der Waals surface area (Å²) in [5.41, 5.74) is 1.92. The fourth-order valence-electron chi connectivity index (χ4n) is 3.62. The Bertz CT molecular complexity index is 1090. The molecule has 2 aromatic rings. The third-order valence-electron chi connectivity index (χ3n) is 5.12. The standard InChI is InChI=1S/C22H27N3O6S/c1-14-12-25(13-15(2)31-14)21(26)17-6-4-16(5-7-17)11-24-20-9-8-18(32(23,28)29)10-19(20)22(27)30-3/h4-10,14-15,24H,11-13H2,1-3H3,(H2,23,28,29). The van der Waals surface area contributed by atoms with Crippen LogP contribution in [0.3, 0.4) is 0 Å². The second-order valence-corrected chi connectivity index (χ2v) is 9.32. The van der Waals surface area contributed by atoms with Crippen LogP contribution < -0.4 is 10.5 Å². The number of anilines is 1. The monoisotopic (exact) mass is 461 g/mol. The van der Waals surface area contributed by atoms with Crippen molar-refractivity contribution in [3.05, 3.63) is 59.2 Å². The highest BCUT2D eigenvalue weighted by Crippen LogP contribution is 2.22. The van der Waals surface area contributed by atoms with Crippen LogP contribution in [0.1, 0.15) is 40.1 Å². The number of methoxy groups -OCH3 is 1. The van der Waals surface area contributed by atoms with Crippen LogP contribution in [0.5, 0.6) is 0 Å². The molecule has 172 valence electrons. The number of primary sulfonamides is 1. The first-order chi connectivity index (χ1) is 15.1. The Morgan fingerprint density at radius 1 is 1.12 bits per heavy atom. The maximum absolute atomic E-state index is 12.8. The second kappa shape index (κ2) is 9.68. The number of hydrogen-bond acceptors (Lipinski definition) is 7. The lowest BCUT2D eigenvalue weighted by molar-refractivity contribution is -0.0586. The number of hydrogen-bond donors (Lipinski definition) is 2. The number of sulfonamides is 1. The van der Waals surface area contributed by atoms with Gasteiger partial charge in [-0.2, -0.15) is 0 Å². The molecule has 10 heteroatoms. The van der Waals surface area contributed by atoms with Gasteiger partial charge in [-0.05, 0) is 49.7 Å². The Kier molecular flexibility index (Phi) is 7.17. The van der Waals surface area contributed by atoms with Gasteiger partial charge in [0.05, 0.1) is 29.8 Å². The maximum Gasteiger partial charge on any atom is 0.340 e. The van der Waals surface area contributed by atoms with Gasteiger partial charge in [0.15, 0.2) is 0 Å². The zero-order chi connectivity index (χ0) is 23.5. The molecule has 1 amide bonds. The molecular formula is C22H27N3O6S. The lowest BCUT2D eigenvalue weighted by Crippen LogP contribution is -2.48. The Morgan fingerprint density at radius 3 is 2.31 bits per heavy atom. The van der Waals surface area contributed by atoms with Crippen molar-refractivity contribution in [1.29, 1.82) is 0 Å². The van der Waals surface area contributed by atoms with E-state index in [1.165, 1.54) is 25.3 Å². The van der Waals surface area contributed by atoms with Crippen molar-refractivity contribution in [2.24, 2.45) is 5.14 Å². The zero-order valence-electron chi connectivity index (χ0n) is 18.2. The number of nitrogens with one attached hydrogen (secondary N) is 1. The van der Waals surface area contributed by atoms with Crippen molar-refractivity contribution < 1.29 is 27.5 Å². The van der Waals surface area contributed by atoms with E-state index in [2.05, 4.69) is 5.32 Å². The Morgan fingerprint density at radius 2 is 1.75 bits per heavy atom. The van der Waals surface area contributed by atoms with Crippen molar-refractivity contribution in [3.63, 3.8) is 0 Å². The number of nitrogens with zero attached hydrogens (tertiary/aromatic N) is 1. The van der Waals surface area contributed by atoms with E-state index in [1.807, 2.05) is 26.0 Å². The van der Waals surface area contributed by atoms with Gasteiger partial charge in [0.2, 0.25) is 10.0 Å². The van der Waals surface area contributed by atoms with Crippen LogP contribution in [0.4, 0.5) is 5.69 Å². The Balaban J connectivity index is 1.71. The average molecular weight is 462 g/mol. The Hall–Kier alpha value is -2.95. The summed E-state index contributed by atoms with van der Waals surface area (Å²) in [5.74, 6) is -0.731. The highest BCUT2D eigenvalue weighted by atomic mass is 32.2. The molecule has 2 aromatic carbocycles. The third kappa shape index (κ3) is 5.64. The highest BCUT2D eigenvalue weighted by Gasteiger charge is 2.26. The largest absolute Gasteiger partial charge is 0.465 e.